The van der Waals surface area contributed by atoms with E-state index >= 15 is 0 Å². The van der Waals surface area contributed by atoms with Gasteiger partial charge in [-0.25, -0.2) is 4.98 Å². The first kappa shape index (κ1) is 16.1. The number of hydrogen-bond acceptors (Lipinski definition) is 3. The van der Waals surface area contributed by atoms with Gasteiger partial charge < -0.3 is 10.2 Å². The summed E-state index contributed by atoms with van der Waals surface area (Å²) >= 11 is 0. The fourth-order valence-corrected chi connectivity index (χ4v) is 2.61. The van der Waals surface area contributed by atoms with Crippen molar-refractivity contribution in [3.8, 4) is 0 Å². The Morgan fingerprint density at radius 1 is 1.38 bits per heavy atom. The van der Waals surface area contributed by atoms with E-state index < -0.39 is 11.7 Å². The monoisotopic (exact) mass is 301 g/mol. The van der Waals surface area contributed by atoms with E-state index in [9.17, 15) is 13.2 Å². The molecule has 1 atom stereocenters. The molecule has 118 valence electrons. The van der Waals surface area contributed by atoms with Gasteiger partial charge in [-0.1, -0.05) is 13.8 Å². The second-order valence-corrected chi connectivity index (χ2v) is 5.94. The van der Waals surface area contributed by atoms with Crippen LogP contribution in [0.4, 0.5) is 19.0 Å². The molecule has 0 aliphatic carbocycles. The average molecular weight is 301 g/mol. The molecule has 0 amide bonds. The van der Waals surface area contributed by atoms with Crippen LogP contribution in [0.5, 0.6) is 0 Å². The second kappa shape index (κ2) is 6.64. The zero-order valence-corrected chi connectivity index (χ0v) is 12.5. The molecule has 2 heterocycles. The summed E-state index contributed by atoms with van der Waals surface area (Å²) in [5.74, 6) is 1.22. The molecule has 0 radical (unpaired) electrons. The molecule has 6 heteroatoms. The molecule has 1 saturated heterocycles. The van der Waals surface area contributed by atoms with Gasteiger partial charge in [-0.3, -0.25) is 0 Å². The lowest BCUT2D eigenvalue weighted by Crippen LogP contribution is -2.39. The number of halogens is 3. The summed E-state index contributed by atoms with van der Waals surface area (Å²) in [6.45, 7) is 6.95. The Balaban J connectivity index is 1.99. The van der Waals surface area contributed by atoms with Crippen molar-refractivity contribution >= 4 is 5.82 Å². The maximum absolute atomic E-state index is 12.6. The summed E-state index contributed by atoms with van der Waals surface area (Å²) in [6.07, 6.45) is -1.30. The highest BCUT2D eigenvalue weighted by atomic mass is 19.4. The highest BCUT2D eigenvalue weighted by Gasteiger charge is 2.31. The minimum Gasteiger partial charge on any atom is -0.352 e. The summed E-state index contributed by atoms with van der Waals surface area (Å²) in [4.78, 5) is 6.10. The molecule has 3 nitrogen and oxygen atoms in total. The normalized spacial score (nSPS) is 19.5. The van der Waals surface area contributed by atoms with Gasteiger partial charge in [-0.2, -0.15) is 13.2 Å². The third-order valence-electron chi connectivity index (χ3n) is 3.68. The molecule has 1 aromatic heterocycles. The van der Waals surface area contributed by atoms with Crippen molar-refractivity contribution in [3.05, 3.63) is 23.9 Å². The molecule has 0 spiro atoms. The van der Waals surface area contributed by atoms with E-state index in [-0.39, 0.29) is 0 Å². The third kappa shape index (κ3) is 4.33. The number of pyridine rings is 1. The Labute approximate surface area is 123 Å². The molecule has 0 bridgehead atoms. The lowest BCUT2D eigenvalue weighted by atomic mass is 10.2. The van der Waals surface area contributed by atoms with Crippen LogP contribution in [-0.4, -0.2) is 30.7 Å². The van der Waals surface area contributed by atoms with E-state index in [0.717, 1.165) is 44.7 Å². The van der Waals surface area contributed by atoms with Crippen LogP contribution >= 0.6 is 0 Å². The number of nitrogens with zero attached hydrogens (tertiary/aromatic N) is 2. The van der Waals surface area contributed by atoms with E-state index in [1.807, 2.05) is 0 Å². The molecular formula is C15H22F3N3. The van der Waals surface area contributed by atoms with Crippen molar-refractivity contribution in [3.63, 3.8) is 0 Å². The molecule has 1 unspecified atom stereocenters. The fraction of sp³-hybridized carbons (Fsp3) is 0.667. The summed E-state index contributed by atoms with van der Waals surface area (Å²) in [5, 5.41) is 3.41. The lowest BCUT2D eigenvalue weighted by molar-refractivity contribution is -0.137. The Morgan fingerprint density at radius 2 is 2.14 bits per heavy atom. The quantitative estimate of drug-likeness (QED) is 0.904. The standard InChI is InChI=1S/C15H22F3N3/c1-11(2)8-19-10-13-4-3-7-21(13)14-6-5-12(9-20-14)15(16,17)18/h5-6,9,11,13,19H,3-4,7-8,10H2,1-2H3. The van der Waals surface area contributed by atoms with Gasteiger partial charge in [-0.05, 0) is 37.4 Å². The van der Waals surface area contributed by atoms with E-state index in [4.69, 9.17) is 0 Å². The van der Waals surface area contributed by atoms with Crippen molar-refractivity contribution in [2.24, 2.45) is 5.92 Å². The summed E-state index contributed by atoms with van der Waals surface area (Å²) in [7, 11) is 0. The van der Waals surface area contributed by atoms with Gasteiger partial charge in [0, 0.05) is 25.3 Å². The molecule has 21 heavy (non-hydrogen) atoms. The minimum absolute atomic E-state index is 0.313. The minimum atomic E-state index is -4.32. The highest BCUT2D eigenvalue weighted by molar-refractivity contribution is 5.42. The van der Waals surface area contributed by atoms with Crippen LogP contribution in [-0.2, 0) is 6.18 Å². The van der Waals surface area contributed by atoms with Gasteiger partial charge in [0.05, 0.1) is 5.56 Å². The van der Waals surface area contributed by atoms with E-state index in [1.165, 1.54) is 6.07 Å². The van der Waals surface area contributed by atoms with Crippen LogP contribution in [0, 0.1) is 5.92 Å². The Hall–Kier alpha value is -1.30. The van der Waals surface area contributed by atoms with Crippen LogP contribution in [0.1, 0.15) is 32.3 Å². The number of hydrogen-bond donors (Lipinski definition) is 1. The van der Waals surface area contributed by atoms with Crippen LogP contribution in [0.15, 0.2) is 18.3 Å². The zero-order valence-electron chi connectivity index (χ0n) is 12.5. The number of aromatic nitrogens is 1. The van der Waals surface area contributed by atoms with Crippen LogP contribution in [0.3, 0.4) is 0 Å². The molecule has 1 aromatic rings. The van der Waals surface area contributed by atoms with E-state index in [0.29, 0.717) is 17.8 Å². The van der Waals surface area contributed by atoms with Crippen LogP contribution in [0.25, 0.3) is 0 Å². The number of alkyl halides is 3. The molecule has 1 N–H and O–H groups in total. The lowest BCUT2D eigenvalue weighted by Gasteiger charge is -2.26. The first-order valence-electron chi connectivity index (χ1n) is 7.38. The van der Waals surface area contributed by atoms with Gasteiger partial charge in [0.1, 0.15) is 5.82 Å². The molecule has 0 saturated carbocycles. The fourth-order valence-electron chi connectivity index (χ4n) is 2.61. The van der Waals surface area contributed by atoms with Crippen molar-refractivity contribution in [2.75, 3.05) is 24.5 Å². The van der Waals surface area contributed by atoms with Gasteiger partial charge >= 0.3 is 6.18 Å². The Morgan fingerprint density at radius 3 is 2.71 bits per heavy atom. The predicted molar refractivity (Wildman–Crippen MR) is 77.3 cm³/mol. The Bertz CT molecular complexity index is 442. The maximum Gasteiger partial charge on any atom is 0.417 e. The highest BCUT2D eigenvalue weighted by Crippen LogP contribution is 2.30. The van der Waals surface area contributed by atoms with Gasteiger partial charge in [0.2, 0.25) is 0 Å². The molecule has 0 aromatic carbocycles. The van der Waals surface area contributed by atoms with Crippen molar-refractivity contribution < 1.29 is 13.2 Å². The van der Waals surface area contributed by atoms with E-state index in [2.05, 4.69) is 29.0 Å². The second-order valence-electron chi connectivity index (χ2n) is 5.94. The molecular weight excluding hydrogens is 279 g/mol. The average Bonchev–Trinajstić information content (AvgIpc) is 2.86. The zero-order chi connectivity index (χ0) is 15.5. The summed E-state index contributed by atoms with van der Waals surface area (Å²) in [5.41, 5.74) is -0.695. The molecule has 1 fully saturated rings. The largest absolute Gasteiger partial charge is 0.417 e. The van der Waals surface area contributed by atoms with Crippen LogP contribution in [0.2, 0.25) is 0 Å². The van der Waals surface area contributed by atoms with Crippen molar-refractivity contribution in [1.82, 2.24) is 10.3 Å². The number of anilines is 1. The molecule has 1 aliphatic heterocycles. The molecule has 2 rings (SSSR count). The van der Waals surface area contributed by atoms with Gasteiger partial charge in [-0.15, -0.1) is 0 Å². The summed E-state index contributed by atoms with van der Waals surface area (Å²) in [6, 6.07) is 2.90. The van der Waals surface area contributed by atoms with Gasteiger partial charge in [0.25, 0.3) is 0 Å². The first-order chi connectivity index (χ1) is 9.88. The topological polar surface area (TPSA) is 28.2 Å². The third-order valence-corrected chi connectivity index (χ3v) is 3.68. The number of nitrogens with one attached hydrogen (secondary N) is 1. The van der Waals surface area contributed by atoms with Gasteiger partial charge in [0.15, 0.2) is 0 Å². The predicted octanol–water partition coefficient (Wildman–Crippen LogP) is 3.31. The number of rotatable bonds is 5. The van der Waals surface area contributed by atoms with E-state index in [1.54, 1.807) is 0 Å². The maximum atomic E-state index is 12.6. The first-order valence-corrected chi connectivity index (χ1v) is 7.38. The van der Waals surface area contributed by atoms with Crippen molar-refractivity contribution in [1.29, 1.82) is 0 Å². The SMILES string of the molecule is CC(C)CNCC1CCCN1c1ccc(C(F)(F)F)cn1. The summed E-state index contributed by atoms with van der Waals surface area (Å²) < 4.78 is 37.7. The smallest absolute Gasteiger partial charge is 0.352 e. The van der Waals surface area contributed by atoms with Crippen LogP contribution < -0.4 is 10.2 Å². The molecule has 1 aliphatic rings. The van der Waals surface area contributed by atoms with Crippen molar-refractivity contribution in [2.45, 2.75) is 38.9 Å². The Kier molecular flexibility index (Phi) is 5.08.